The predicted octanol–water partition coefficient (Wildman–Crippen LogP) is 3.68. The molecule has 0 aromatic carbocycles. The van der Waals surface area contributed by atoms with Gasteiger partial charge in [0.05, 0.1) is 11.5 Å². The number of nitrogens with one attached hydrogen (secondary N) is 2. The van der Waals surface area contributed by atoms with E-state index in [2.05, 4.69) is 38.3 Å². The molecule has 0 unspecified atom stereocenters. The summed E-state index contributed by atoms with van der Waals surface area (Å²) in [6.45, 7) is 17.0. The van der Waals surface area contributed by atoms with Crippen molar-refractivity contribution < 1.29 is 10.2 Å². The van der Waals surface area contributed by atoms with Gasteiger partial charge in [0.25, 0.3) is 0 Å². The van der Waals surface area contributed by atoms with Crippen LogP contribution in [0.3, 0.4) is 0 Å². The van der Waals surface area contributed by atoms with E-state index in [1.54, 1.807) is 13.8 Å². The summed E-state index contributed by atoms with van der Waals surface area (Å²) in [5.41, 5.74) is 1.54. The number of hydrogen-bond donors (Lipinski definition) is 4. The molecule has 22 heavy (non-hydrogen) atoms. The first-order valence-corrected chi connectivity index (χ1v) is 7.11. The Kier molecular flexibility index (Phi) is 11.8. The van der Waals surface area contributed by atoms with Crippen molar-refractivity contribution in [1.29, 1.82) is 0 Å². The van der Waals surface area contributed by atoms with Crippen LogP contribution in [0.1, 0.15) is 62.8 Å². The first-order valence-electron chi connectivity index (χ1n) is 7.11. The fourth-order valence-corrected chi connectivity index (χ4v) is 1.40. The Bertz CT molecular complexity index is 353. The van der Waals surface area contributed by atoms with Crippen LogP contribution >= 0.6 is 0 Å². The standard InChI is InChI=1S/C16H32N2O2.CH4.B/c1-11(13(3)19)9-17-15(5,6)16(7,8)18-10-12(2)14(4)20;;/h17-20H,9-10H2,1-8H3;1H4;/b13-11-,14-12-;;. The van der Waals surface area contributed by atoms with E-state index in [1.807, 2.05) is 13.8 Å². The summed E-state index contributed by atoms with van der Waals surface area (Å²) in [4.78, 5) is 0. The van der Waals surface area contributed by atoms with Crippen LogP contribution in [0.2, 0.25) is 0 Å². The first kappa shape index (κ1) is 26.0. The molecule has 4 nitrogen and oxygen atoms in total. The lowest BCUT2D eigenvalue weighted by Gasteiger charge is -2.43. The first-order chi connectivity index (χ1) is 8.90. The largest absolute Gasteiger partial charge is 0.513 e. The zero-order chi connectivity index (χ0) is 16.1. The Balaban J connectivity index is -0.00000180. The van der Waals surface area contributed by atoms with Gasteiger partial charge in [-0.2, -0.15) is 0 Å². The van der Waals surface area contributed by atoms with Gasteiger partial charge in [-0.25, -0.2) is 0 Å². The summed E-state index contributed by atoms with van der Waals surface area (Å²) < 4.78 is 0. The van der Waals surface area contributed by atoms with Crippen molar-refractivity contribution in [3.8, 4) is 0 Å². The van der Waals surface area contributed by atoms with Crippen molar-refractivity contribution in [2.45, 2.75) is 73.9 Å². The molecule has 4 N–H and O–H groups in total. The van der Waals surface area contributed by atoms with Crippen molar-refractivity contribution in [1.82, 2.24) is 10.6 Å². The number of hydrogen-bond acceptors (Lipinski definition) is 4. The Morgan fingerprint density at radius 2 is 0.955 bits per heavy atom. The zero-order valence-electron chi connectivity index (χ0n) is 14.9. The summed E-state index contributed by atoms with van der Waals surface area (Å²) >= 11 is 0. The monoisotopic (exact) mass is 311 g/mol. The van der Waals surface area contributed by atoms with Crippen LogP contribution < -0.4 is 10.6 Å². The molecule has 0 atom stereocenters. The maximum absolute atomic E-state index is 9.45. The van der Waals surface area contributed by atoms with E-state index in [1.165, 1.54) is 0 Å². The fourth-order valence-electron chi connectivity index (χ4n) is 1.40. The van der Waals surface area contributed by atoms with Gasteiger partial charge in [0.1, 0.15) is 0 Å². The normalized spacial score (nSPS) is 14.4. The summed E-state index contributed by atoms with van der Waals surface area (Å²) in [7, 11) is 0. The van der Waals surface area contributed by atoms with Crippen molar-refractivity contribution in [2.75, 3.05) is 13.1 Å². The lowest BCUT2D eigenvalue weighted by atomic mass is 9.82. The number of aliphatic hydroxyl groups is 2. The second-order valence-electron chi connectivity index (χ2n) is 6.69. The maximum atomic E-state index is 9.45. The Labute approximate surface area is 139 Å². The minimum atomic E-state index is -0.173. The molecule has 0 aliphatic heterocycles. The maximum Gasteiger partial charge on any atom is 0.0893 e. The Morgan fingerprint density at radius 3 is 1.14 bits per heavy atom. The van der Waals surface area contributed by atoms with Crippen LogP contribution in [-0.4, -0.2) is 42.8 Å². The molecule has 0 aliphatic carbocycles. The molecule has 0 spiro atoms. The van der Waals surface area contributed by atoms with Gasteiger partial charge in [-0.15, -0.1) is 0 Å². The predicted molar refractivity (Wildman–Crippen MR) is 98.7 cm³/mol. The van der Waals surface area contributed by atoms with E-state index in [4.69, 9.17) is 0 Å². The SMILES string of the molecule is C.C/C(O)=C(\C)CNC(C)(C)C(C)(C)NC/C(C)=C(/C)O.[B]. The minimum absolute atomic E-state index is 0. The molecule has 0 heterocycles. The molecule has 129 valence electrons. The Morgan fingerprint density at radius 1 is 0.727 bits per heavy atom. The van der Waals surface area contributed by atoms with Gasteiger partial charge >= 0.3 is 0 Å². The second kappa shape index (κ2) is 9.96. The third kappa shape index (κ3) is 7.90. The number of aliphatic hydroxyl groups excluding tert-OH is 2. The lowest BCUT2D eigenvalue weighted by Crippen LogP contribution is -2.63. The van der Waals surface area contributed by atoms with Crippen LogP contribution in [0.25, 0.3) is 0 Å². The molecule has 0 saturated heterocycles. The smallest absolute Gasteiger partial charge is 0.0893 e. The molecular formula is C17H36BN2O2. The fraction of sp³-hybridized carbons (Fsp3) is 0.765. The molecule has 5 heteroatoms. The highest BCUT2D eigenvalue weighted by Crippen LogP contribution is 2.22. The summed E-state index contributed by atoms with van der Waals surface area (Å²) in [5.74, 6) is 0.738. The molecule has 0 saturated carbocycles. The summed E-state index contributed by atoms with van der Waals surface area (Å²) in [5, 5.41) is 25.8. The highest BCUT2D eigenvalue weighted by molar-refractivity contribution is 5.75. The average Bonchev–Trinajstić information content (AvgIpc) is 2.32. The molecule has 0 aromatic rings. The van der Waals surface area contributed by atoms with Crippen molar-refractivity contribution in [3.63, 3.8) is 0 Å². The highest BCUT2D eigenvalue weighted by Gasteiger charge is 2.36. The van der Waals surface area contributed by atoms with Crippen LogP contribution in [0, 0.1) is 0 Å². The number of allylic oxidation sites excluding steroid dienone is 2. The molecule has 0 aliphatic rings. The van der Waals surface area contributed by atoms with E-state index in [9.17, 15) is 10.2 Å². The molecular weight excluding hydrogens is 275 g/mol. The van der Waals surface area contributed by atoms with E-state index in [0.29, 0.717) is 24.6 Å². The van der Waals surface area contributed by atoms with Gasteiger partial charge in [-0.3, -0.25) is 0 Å². The molecule has 0 bridgehead atoms. The second-order valence-corrected chi connectivity index (χ2v) is 6.69. The van der Waals surface area contributed by atoms with Crippen LogP contribution in [0.5, 0.6) is 0 Å². The molecule has 0 rings (SSSR count). The van der Waals surface area contributed by atoms with Gasteiger partial charge < -0.3 is 20.8 Å². The van der Waals surface area contributed by atoms with Gasteiger partial charge in [0, 0.05) is 32.6 Å². The molecule has 0 fully saturated rings. The van der Waals surface area contributed by atoms with Gasteiger partial charge in [-0.1, -0.05) is 7.43 Å². The van der Waals surface area contributed by atoms with Crippen LogP contribution in [0.4, 0.5) is 0 Å². The third-order valence-electron chi connectivity index (χ3n) is 4.39. The van der Waals surface area contributed by atoms with Gasteiger partial charge in [0.15, 0.2) is 0 Å². The molecule has 0 aromatic heterocycles. The van der Waals surface area contributed by atoms with E-state index < -0.39 is 0 Å². The van der Waals surface area contributed by atoms with Crippen molar-refractivity contribution in [3.05, 3.63) is 22.7 Å². The van der Waals surface area contributed by atoms with Crippen LogP contribution in [0.15, 0.2) is 22.7 Å². The van der Waals surface area contributed by atoms with E-state index in [0.717, 1.165) is 11.1 Å². The van der Waals surface area contributed by atoms with Gasteiger partial charge in [0.2, 0.25) is 0 Å². The molecule has 0 amide bonds. The minimum Gasteiger partial charge on any atom is -0.513 e. The molecule has 3 radical (unpaired) electrons. The summed E-state index contributed by atoms with van der Waals surface area (Å²) in [6, 6.07) is 0. The van der Waals surface area contributed by atoms with Gasteiger partial charge in [-0.05, 0) is 66.5 Å². The van der Waals surface area contributed by atoms with E-state index in [-0.39, 0.29) is 26.9 Å². The lowest BCUT2D eigenvalue weighted by molar-refractivity contribution is 0.201. The Hall–Kier alpha value is -0.935. The quantitative estimate of drug-likeness (QED) is 0.428. The zero-order valence-corrected chi connectivity index (χ0v) is 14.9. The highest BCUT2D eigenvalue weighted by atomic mass is 16.3. The van der Waals surface area contributed by atoms with Crippen LogP contribution in [-0.2, 0) is 0 Å². The summed E-state index contributed by atoms with van der Waals surface area (Å²) in [6.07, 6.45) is 0. The third-order valence-corrected chi connectivity index (χ3v) is 4.39. The average molecular weight is 311 g/mol. The van der Waals surface area contributed by atoms with Crippen molar-refractivity contribution >= 4 is 8.41 Å². The topological polar surface area (TPSA) is 64.5 Å². The van der Waals surface area contributed by atoms with Crippen molar-refractivity contribution in [2.24, 2.45) is 0 Å². The van der Waals surface area contributed by atoms with E-state index >= 15 is 0 Å². The number of rotatable bonds is 7.